The number of aryl methyl sites for hydroxylation is 2. The Hall–Kier alpha value is -2.61. The summed E-state index contributed by atoms with van der Waals surface area (Å²) in [6.07, 6.45) is 2.91. The number of likely N-dealkylation sites (tertiary alicyclic amines) is 1. The van der Waals surface area contributed by atoms with Crippen molar-refractivity contribution in [2.45, 2.75) is 39.5 Å². The van der Waals surface area contributed by atoms with Crippen LogP contribution < -0.4 is 15.4 Å². The van der Waals surface area contributed by atoms with Crippen LogP contribution in [-0.2, 0) is 9.59 Å². The molecule has 1 spiro atoms. The number of piperidine rings is 1. The third-order valence-corrected chi connectivity index (χ3v) is 7.77. The standard InChI is InChI=1S/C26H31BrFN3O3/c1-16-4-5-21(17(2)12-16)29-9-6-23(32)31-10-7-26(8-11-31)15-19(26)25(33)30-24-20(27)13-18(28)14-22(24)34-3/h4-5,12-14,19,29H,6-11,15H2,1-3H3,(H,30,33). The first-order valence-electron chi connectivity index (χ1n) is 11.7. The van der Waals surface area contributed by atoms with Gasteiger partial charge in [0.15, 0.2) is 0 Å². The third kappa shape index (κ3) is 5.22. The molecule has 1 saturated heterocycles. The fourth-order valence-corrected chi connectivity index (χ4v) is 5.50. The van der Waals surface area contributed by atoms with Gasteiger partial charge in [-0.2, -0.15) is 0 Å². The van der Waals surface area contributed by atoms with E-state index in [1.165, 1.54) is 30.4 Å². The number of carbonyl (C=O) groups excluding carboxylic acids is 2. The summed E-state index contributed by atoms with van der Waals surface area (Å²) >= 11 is 3.31. The van der Waals surface area contributed by atoms with Gasteiger partial charge in [-0.15, -0.1) is 0 Å². The molecule has 2 amide bonds. The van der Waals surface area contributed by atoms with Crippen molar-refractivity contribution in [1.82, 2.24) is 4.90 Å². The van der Waals surface area contributed by atoms with E-state index >= 15 is 0 Å². The number of rotatable bonds is 7. The van der Waals surface area contributed by atoms with Gasteiger partial charge in [0.1, 0.15) is 11.6 Å². The van der Waals surface area contributed by atoms with Crippen LogP contribution in [0.5, 0.6) is 5.75 Å². The van der Waals surface area contributed by atoms with Crippen molar-refractivity contribution < 1.29 is 18.7 Å². The van der Waals surface area contributed by atoms with Crippen molar-refractivity contribution in [2.24, 2.45) is 11.3 Å². The maximum absolute atomic E-state index is 13.6. The van der Waals surface area contributed by atoms with Gasteiger partial charge in [-0.3, -0.25) is 9.59 Å². The van der Waals surface area contributed by atoms with Crippen molar-refractivity contribution >= 4 is 39.1 Å². The number of hydrogen-bond donors (Lipinski definition) is 2. The summed E-state index contributed by atoms with van der Waals surface area (Å²) in [5.74, 6) is -0.190. The molecule has 0 aromatic heterocycles. The Morgan fingerprint density at radius 3 is 2.62 bits per heavy atom. The van der Waals surface area contributed by atoms with E-state index in [0.717, 1.165) is 24.9 Å². The number of anilines is 2. The lowest BCUT2D eigenvalue weighted by Gasteiger charge is -2.33. The smallest absolute Gasteiger partial charge is 0.228 e. The summed E-state index contributed by atoms with van der Waals surface area (Å²) in [4.78, 5) is 27.5. The lowest BCUT2D eigenvalue weighted by atomic mass is 9.90. The van der Waals surface area contributed by atoms with Crippen LogP contribution in [0.2, 0.25) is 0 Å². The molecule has 1 aliphatic heterocycles. The Labute approximate surface area is 208 Å². The minimum Gasteiger partial charge on any atom is -0.494 e. The molecule has 1 aliphatic carbocycles. The summed E-state index contributed by atoms with van der Waals surface area (Å²) in [5.41, 5.74) is 3.86. The van der Waals surface area contributed by atoms with E-state index in [-0.39, 0.29) is 28.9 Å². The molecule has 0 bridgehead atoms. The molecule has 2 aromatic carbocycles. The van der Waals surface area contributed by atoms with E-state index in [2.05, 4.69) is 58.6 Å². The normalized spacial score (nSPS) is 18.5. The minimum absolute atomic E-state index is 0.0438. The highest BCUT2D eigenvalue weighted by molar-refractivity contribution is 9.10. The number of benzene rings is 2. The number of nitrogens with zero attached hydrogens (tertiary/aromatic N) is 1. The minimum atomic E-state index is -0.439. The van der Waals surface area contributed by atoms with E-state index < -0.39 is 5.82 Å². The summed E-state index contributed by atoms with van der Waals surface area (Å²) in [5, 5.41) is 6.27. The predicted molar refractivity (Wildman–Crippen MR) is 135 cm³/mol. The van der Waals surface area contributed by atoms with Crippen LogP contribution in [0.1, 0.15) is 36.8 Å². The highest BCUT2D eigenvalue weighted by Gasteiger charge is 2.58. The van der Waals surface area contributed by atoms with Gasteiger partial charge in [-0.25, -0.2) is 4.39 Å². The summed E-state index contributed by atoms with van der Waals surface area (Å²) in [6.45, 7) is 6.08. The lowest BCUT2D eigenvalue weighted by Crippen LogP contribution is -2.40. The zero-order valence-corrected chi connectivity index (χ0v) is 21.4. The van der Waals surface area contributed by atoms with Gasteiger partial charge in [0.2, 0.25) is 11.8 Å². The Morgan fingerprint density at radius 1 is 1.21 bits per heavy atom. The van der Waals surface area contributed by atoms with Crippen LogP contribution in [0, 0.1) is 31.0 Å². The molecule has 8 heteroatoms. The SMILES string of the molecule is COc1cc(F)cc(Br)c1NC(=O)C1CC12CCN(C(=O)CCNc1ccc(C)cc1C)CC2. The quantitative estimate of drug-likeness (QED) is 0.509. The number of methoxy groups -OCH3 is 1. The van der Waals surface area contributed by atoms with Gasteiger partial charge < -0.3 is 20.3 Å². The molecule has 1 atom stereocenters. The summed E-state index contributed by atoms with van der Waals surface area (Å²) < 4.78 is 19.3. The molecule has 2 aromatic rings. The van der Waals surface area contributed by atoms with Gasteiger partial charge in [0, 0.05) is 48.2 Å². The maximum atomic E-state index is 13.6. The molecule has 34 heavy (non-hydrogen) atoms. The highest BCUT2D eigenvalue weighted by atomic mass is 79.9. The molecular formula is C26H31BrFN3O3. The fraction of sp³-hybridized carbons (Fsp3) is 0.462. The number of ether oxygens (including phenoxy) is 1. The van der Waals surface area contributed by atoms with E-state index in [1.54, 1.807) is 0 Å². The number of nitrogens with one attached hydrogen (secondary N) is 2. The Balaban J connectivity index is 1.25. The van der Waals surface area contributed by atoms with Gasteiger partial charge >= 0.3 is 0 Å². The molecule has 1 unspecified atom stereocenters. The Bertz CT molecular complexity index is 1100. The summed E-state index contributed by atoms with van der Waals surface area (Å²) in [7, 11) is 1.44. The van der Waals surface area contributed by atoms with E-state index in [0.29, 0.717) is 36.2 Å². The number of amides is 2. The van der Waals surface area contributed by atoms with E-state index in [4.69, 9.17) is 4.74 Å². The molecule has 182 valence electrons. The van der Waals surface area contributed by atoms with Crippen LogP contribution >= 0.6 is 15.9 Å². The second-order valence-electron chi connectivity index (χ2n) is 9.45. The Kier molecular flexibility index (Phi) is 7.17. The summed E-state index contributed by atoms with van der Waals surface area (Å²) in [6, 6.07) is 8.80. The average Bonchev–Trinajstić information content (AvgIpc) is 3.50. The van der Waals surface area contributed by atoms with Crippen molar-refractivity contribution in [3.05, 3.63) is 51.7 Å². The third-order valence-electron chi connectivity index (χ3n) is 7.14. The second kappa shape index (κ2) is 9.94. The lowest BCUT2D eigenvalue weighted by molar-refractivity contribution is -0.132. The van der Waals surface area contributed by atoms with E-state index in [1.807, 2.05) is 4.90 Å². The average molecular weight is 532 g/mol. The molecule has 2 fully saturated rings. The Morgan fingerprint density at radius 2 is 1.94 bits per heavy atom. The van der Waals surface area contributed by atoms with Crippen LogP contribution in [0.25, 0.3) is 0 Å². The van der Waals surface area contributed by atoms with Gasteiger partial charge in [0.05, 0.1) is 12.8 Å². The van der Waals surface area contributed by atoms with Crippen molar-refractivity contribution in [3.63, 3.8) is 0 Å². The first kappa shape index (κ1) is 24.5. The molecular weight excluding hydrogens is 501 g/mol. The van der Waals surface area contributed by atoms with Crippen molar-refractivity contribution in [1.29, 1.82) is 0 Å². The van der Waals surface area contributed by atoms with Crippen LogP contribution in [0.4, 0.5) is 15.8 Å². The topological polar surface area (TPSA) is 70.7 Å². The predicted octanol–water partition coefficient (Wildman–Crippen LogP) is 5.28. The maximum Gasteiger partial charge on any atom is 0.228 e. The monoisotopic (exact) mass is 531 g/mol. The van der Waals surface area contributed by atoms with Crippen molar-refractivity contribution in [2.75, 3.05) is 37.4 Å². The molecule has 6 nitrogen and oxygen atoms in total. The first-order chi connectivity index (χ1) is 16.2. The van der Waals surface area contributed by atoms with Crippen LogP contribution in [0.3, 0.4) is 0 Å². The highest BCUT2D eigenvalue weighted by Crippen LogP contribution is 2.60. The second-order valence-corrected chi connectivity index (χ2v) is 10.3. The molecule has 4 rings (SSSR count). The first-order valence-corrected chi connectivity index (χ1v) is 12.4. The van der Waals surface area contributed by atoms with Crippen LogP contribution in [-0.4, -0.2) is 43.5 Å². The van der Waals surface area contributed by atoms with Crippen molar-refractivity contribution in [3.8, 4) is 5.75 Å². The number of halogens is 2. The molecule has 0 radical (unpaired) electrons. The van der Waals surface area contributed by atoms with Gasteiger partial charge in [-0.05, 0) is 72.2 Å². The largest absolute Gasteiger partial charge is 0.494 e. The molecule has 1 heterocycles. The van der Waals surface area contributed by atoms with Gasteiger partial charge in [-0.1, -0.05) is 17.7 Å². The zero-order valence-electron chi connectivity index (χ0n) is 19.8. The fourth-order valence-electron chi connectivity index (χ4n) is 4.99. The van der Waals surface area contributed by atoms with Gasteiger partial charge in [0.25, 0.3) is 0 Å². The molecule has 2 aliphatic rings. The molecule has 1 saturated carbocycles. The number of hydrogen-bond acceptors (Lipinski definition) is 4. The van der Waals surface area contributed by atoms with E-state index in [9.17, 15) is 14.0 Å². The number of carbonyl (C=O) groups is 2. The molecule has 2 N–H and O–H groups in total. The van der Waals surface area contributed by atoms with Crippen LogP contribution in [0.15, 0.2) is 34.8 Å². The zero-order chi connectivity index (χ0) is 24.5.